The van der Waals surface area contributed by atoms with Gasteiger partial charge in [-0.15, -0.1) is 9.24 Å². The van der Waals surface area contributed by atoms with Crippen LogP contribution in [0.4, 0.5) is 0 Å². The second-order valence-electron chi connectivity index (χ2n) is 1.87. The predicted molar refractivity (Wildman–Crippen MR) is 40.8 cm³/mol. The summed E-state index contributed by atoms with van der Waals surface area (Å²) in [5.74, 6) is -1.10. The zero-order chi connectivity index (χ0) is 7.72. The summed E-state index contributed by atoms with van der Waals surface area (Å²) >= 11 is 0. The Morgan fingerprint density at radius 1 is 1.00 bits per heavy atom. The van der Waals surface area contributed by atoms with E-state index in [9.17, 15) is 0 Å². The summed E-state index contributed by atoms with van der Waals surface area (Å²) < 4.78 is 0. The van der Waals surface area contributed by atoms with Crippen molar-refractivity contribution in [2.45, 2.75) is 0 Å². The fourth-order valence-corrected chi connectivity index (χ4v) is 0.818. The molecule has 3 nitrogen and oxygen atoms in total. The highest BCUT2D eigenvalue weighted by Gasteiger charge is 2.06. The Hall–Kier alpha value is -0.950. The number of aromatic hydroxyl groups is 3. The van der Waals surface area contributed by atoms with Crippen molar-refractivity contribution in [3.05, 3.63) is 12.1 Å². The lowest BCUT2D eigenvalue weighted by atomic mass is 10.3. The standard InChI is InChI=1S/C6H7O3P/c7-3-1-2-4(10)6(9)5(3)8/h1-2,7-9H,10H2. The van der Waals surface area contributed by atoms with Gasteiger partial charge in [0.05, 0.1) is 0 Å². The molecule has 1 rings (SSSR count). The van der Waals surface area contributed by atoms with E-state index < -0.39 is 5.75 Å². The van der Waals surface area contributed by atoms with E-state index in [0.29, 0.717) is 5.30 Å². The number of hydrogen-bond acceptors (Lipinski definition) is 3. The van der Waals surface area contributed by atoms with Gasteiger partial charge in [0, 0.05) is 5.30 Å². The SMILES string of the molecule is Oc1ccc(P)c(O)c1O. The quantitative estimate of drug-likeness (QED) is 0.376. The van der Waals surface area contributed by atoms with Crippen LogP contribution in [0, 0.1) is 0 Å². The molecule has 0 fully saturated rings. The smallest absolute Gasteiger partial charge is 0.200 e. The highest BCUT2D eigenvalue weighted by molar-refractivity contribution is 7.27. The van der Waals surface area contributed by atoms with Crippen LogP contribution in [0.15, 0.2) is 12.1 Å². The molecule has 0 radical (unpaired) electrons. The Balaban J connectivity index is 3.34. The van der Waals surface area contributed by atoms with Crippen molar-refractivity contribution in [1.82, 2.24) is 0 Å². The highest BCUT2D eigenvalue weighted by atomic mass is 31.0. The molecule has 1 aromatic carbocycles. The Morgan fingerprint density at radius 2 is 1.60 bits per heavy atom. The molecule has 0 spiro atoms. The highest BCUT2D eigenvalue weighted by Crippen LogP contribution is 2.32. The molecule has 0 heterocycles. The molecule has 4 heteroatoms. The average Bonchev–Trinajstić information content (AvgIpc) is 1.93. The summed E-state index contributed by atoms with van der Waals surface area (Å²) in [7, 11) is 2.22. The van der Waals surface area contributed by atoms with Crippen LogP contribution < -0.4 is 5.30 Å². The summed E-state index contributed by atoms with van der Waals surface area (Å²) in [6, 6.07) is 2.78. The lowest BCUT2D eigenvalue weighted by Crippen LogP contribution is -1.89. The van der Waals surface area contributed by atoms with Crippen molar-refractivity contribution >= 4 is 14.5 Å². The first-order chi connectivity index (χ1) is 4.63. The van der Waals surface area contributed by atoms with E-state index in [1.54, 1.807) is 0 Å². The minimum absolute atomic E-state index is 0.301. The van der Waals surface area contributed by atoms with Crippen LogP contribution in [0.1, 0.15) is 0 Å². The molecular weight excluding hydrogens is 151 g/mol. The molecule has 0 saturated heterocycles. The zero-order valence-corrected chi connectivity index (χ0v) is 6.23. The van der Waals surface area contributed by atoms with E-state index in [2.05, 4.69) is 9.24 Å². The van der Waals surface area contributed by atoms with Crippen LogP contribution in [-0.2, 0) is 0 Å². The average molecular weight is 158 g/mol. The van der Waals surface area contributed by atoms with E-state index in [1.165, 1.54) is 12.1 Å². The van der Waals surface area contributed by atoms with Gasteiger partial charge in [-0.05, 0) is 12.1 Å². The molecule has 10 heavy (non-hydrogen) atoms. The summed E-state index contributed by atoms with van der Waals surface area (Å²) in [6.07, 6.45) is 0. The van der Waals surface area contributed by atoms with E-state index in [0.717, 1.165) is 0 Å². The Labute approximate surface area is 60.1 Å². The molecule has 0 aliphatic carbocycles. The van der Waals surface area contributed by atoms with Gasteiger partial charge in [-0.2, -0.15) is 0 Å². The first kappa shape index (κ1) is 7.16. The zero-order valence-electron chi connectivity index (χ0n) is 5.07. The van der Waals surface area contributed by atoms with Crippen molar-refractivity contribution < 1.29 is 15.3 Å². The third-order valence-corrected chi connectivity index (χ3v) is 1.63. The fraction of sp³-hybridized carbons (Fsp3) is 0. The van der Waals surface area contributed by atoms with E-state index in [4.69, 9.17) is 15.3 Å². The minimum atomic E-state index is -0.479. The van der Waals surface area contributed by atoms with Crippen LogP contribution in [0.2, 0.25) is 0 Å². The normalized spacial score (nSPS) is 9.70. The van der Waals surface area contributed by atoms with Crippen LogP contribution in [0.5, 0.6) is 17.2 Å². The molecular formula is C6H7O3P. The largest absolute Gasteiger partial charge is 0.504 e. The van der Waals surface area contributed by atoms with Crippen LogP contribution in [0.25, 0.3) is 0 Å². The third-order valence-electron chi connectivity index (χ3n) is 1.16. The van der Waals surface area contributed by atoms with Gasteiger partial charge < -0.3 is 15.3 Å². The van der Waals surface area contributed by atoms with Gasteiger partial charge in [0.2, 0.25) is 5.75 Å². The first-order valence-electron chi connectivity index (χ1n) is 2.62. The first-order valence-corrected chi connectivity index (χ1v) is 3.20. The van der Waals surface area contributed by atoms with Crippen molar-refractivity contribution in [3.63, 3.8) is 0 Å². The van der Waals surface area contributed by atoms with Gasteiger partial charge in [-0.25, -0.2) is 0 Å². The molecule has 1 aromatic rings. The number of rotatable bonds is 0. The number of phenolic OH excluding ortho intramolecular Hbond substituents is 3. The molecule has 0 amide bonds. The summed E-state index contributed by atoms with van der Waals surface area (Å²) in [6.45, 7) is 0. The Kier molecular flexibility index (Phi) is 1.68. The third kappa shape index (κ3) is 1.00. The van der Waals surface area contributed by atoms with Gasteiger partial charge in [-0.1, -0.05) is 0 Å². The summed E-state index contributed by atoms with van der Waals surface area (Å²) in [5, 5.41) is 27.1. The maximum absolute atomic E-state index is 8.96. The summed E-state index contributed by atoms with van der Waals surface area (Å²) in [5.41, 5.74) is 0. The Morgan fingerprint density at radius 3 is 2.10 bits per heavy atom. The molecule has 54 valence electrons. The minimum Gasteiger partial charge on any atom is -0.504 e. The van der Waals surface area contributed by atoms with Crippen molar-refractivity contribution in [2.75, 3.05) is 0 Å². The Bertz CT molecular complexity index is 232. The van der Waals surface area contributed by atoms with E-state index >= 15 is 0 Å². The second-order valence-corrected chi connectivity index (χ2v) is 2.49. The van der Waals surface area contributed by atoms with Crippen LogP contribution in [-0.4, -0.2) is 15.3 Å². The summed E-state index contributed by atoms with van der Waals surface area (Å²) in [4.78, 5) is 0. The lowest BCUT2D eigenvalue weighted by molar-refractivity contribution is 0.370. The maximum atomic E-state index is 8.96. The molecule has 0 aliphatic heterocycles. The molecule has 0 aromatic heterocycles. The van der Waals surface area contributed by atoms with Crippen molar-refractivity contribution in [2.24, 2.45) is 0 Å². The molecule has 1 unspecified atom stereocenters. The number of phenols is 3. The predicted octanol–water partition coefficient (Wildman–Crippen LogP) is 0.304. The molecule has 0 aliphatic rings. The molecule has 0 saturated carbocycles. The number of hydrogen-bond donors (Lipinski definition) is 3. The molecule has 0 bridgehead atoms. The van der Waals surface area contributed by atoms with E-state index in [1.807, 2.05) is 0 Å². The van der Waals surface area contributed by atoms with Gasteiger partial charge in [0.15, 0.2) is 11.5 Å². The number of benzene rings is 1. The molecule has 3 N–H and O–H groups in total. The topological polar surface area (TPSA) is 60.7 Å². The fourth-order valence-electron chi connectivity index (χ4n) is 0.585. The monoisotopic (exact) mass is 158 g/mol. The second kappa shape index (κ2) is 2.35. The van der Waals surface area contributed by atoms with Crippen LogP contribution >= 0.6 is 9.24 Å². The van der Waals surface area contributed by atoms with Gasteiger partial charge in [0.1, 0.15) is 0 Å². The van der Waals surface area contributed by atoms with E-state index in [-0.39, 0.29) is 11.5 Å². The van der Waals surface area contributed by atoms with Gasteiger partial charge in [-0.3, -0.25) is 0 Å². The maximum Gasteiger partial charge on any atom is 0.200 e. The lowest BCUT2D eigenvalue weighted by Gasteiger charge is -2.01. The van der Waals surface area contributed by atoms with Crippen molar-refractivity contribution in [3.8, 4) is 17.2 Å². The molecule has 1 atom stereocenters. The van der Waals surface area contributed by atoms with Crippen LogP contribution in [0.3, 0.4) is 0 Å². The van der Waals surface area contributed by atoms with Gasteiger partial charge >= 0.3 is 0 Å². The van der Waals surface area contributed by atoms with Crippen molar-refractivity contribution in [1.29, 1.82) is 0 Å². The van der Waals surface area contributed by atoms with Gasteiger partial charge in [0.25, 0.3) is 0 Å².